The molecule has 0 bridgehead atoms. The predicted octanol–water partition coefficient (Wildman–Crippen LogP) is 2.42. The van der Waals surface area contributed by atoms with E-state index in [1.165, 1.54) is 25.8 Å². The predicted molar refractivity (Wildman–Crippen MR) is 104 cm³/mol. The second-order valence-electron chi connectivity index (χ2n) is 6.34. The molecule has 1 aromatic carbocycles. The van der Waals surface area contributed by atoms with E-state index in [4.69, 9.17) is 27.9 Å². The van der Waals surface area contributed by atoms with Crippen molar-refractivity contribution in [2.75, 3.05) is 7.11 Å². The molecule has 2 atom stereocenters. The highest BCUT2D eigenvalue weighted by molar-refractivity contribution is 6.35. The van der Waals surface area contributed by atoms with Gasteiger partial charge < -0.3 is 4.74 Å². The van der Waals surface area contributed by atoms with Gasteiger partial charge in [0, 0.05) is 35.8 Å². The van der Waals surface area contributed by atoms with Crippen molar-refractivity contribution < 1.29 is 9.53 Å². The van der Waals surface area contributed by atoms with Gasteiger partial charge >= 0.3 is 11.7 Å². The lowest BCUT2D eigenvalue weighted by Crippen LogP contribution is -2.44. The summed E-state index contributed by atoms with van der Waals surface area (Å²) < 4.78 is 7.22. The normalized spacial score (nSPS) is 18.7. The van der Waals surface area contributed by atoms with Crippen LogP contribution in [-0.2, 0) is 23.6 Å². The standard InChI is InChI=1S/C18H17Cl2N3O4/c1-8-12(17(25)27-4)13(10-6-5-9(19)7-11(10)20)14-15(21-8)22(2)18(26)23(3)16(14)24/h5-7,12-13H,1-4H3. The van der Waals surface area contributed by atoms with Crippen LogP contribution in [-0.4, -0.2) is 27.9 Å². The Labute approximate surface area is 164 Å². The molecule has 2 heterocycles. The van der Waals surface area contributed by atoms with Gasteiger partial charge in [0.25, 0.3) is 5.56 Å². The Morgan fingerprint density at radius 2 is 1.85 bits per heavy atom. The summed E-state index contributed by atoms with van der Waals surface area (Å²) in [5.74, 6) is -1.96. The summed E-state index contributed by atoms with van der Waals surface area (Å²) in [5, 5.41) is 0.728. The molecule has 0 saturated heterocycles. The number of carbonyl (C=O) groups is 1. The zero-order valence-electron chi connectivity index (χ0n) is 15.1. The van der Waals surface area contributed by atoms with E-state index in [1.54, 1.807) is 25.1 Å². The third-order valence-electron chi connectivity index (χ3n) is 4.80. The number of aliphatic imine (C=N–C) groups is 1. The van der Waals surface area contributed by atoms with E-state index in [9.17, 15) is 14.4 Å². The van der Waals surface area contributed by atoms with E-state index >= 15 is 0 Å². The van der Waals surface area contributed by atoms with E-state index < -0.39 is 29.1 Å². The van der Waals surface area contributed by atoms with Crippen LogP contribution >= 0.6 is 23.2 Å². The number of ether oxygens (including phenoxy) is 1. The Kier molecular flexibility index (Phi) is 5.01. The van der Waals surface area contributed by atoms with Gasteiger partial charge in [-0.1, -0.05) is 29.3 Å². The van der Waals surface area contributed by atoms with Crippen molar-refractivity contribution in [1.29, 1.82) is 0 Å². The molecule has 0 amide bonds. The average Bonchev–Trinajstić information content (AvgIpc) is 2.63. The van der Waals surface area contributed by atoms with Crippen LogP contribution < -0.4 is 11.2 Å². The molecule has 2 aromatic rings. The summed E-state index contributed by atoms with van der Waals surface area (Å²) in [6.07, 6.45) is 0. The summed E-state index contributed by atoms with van der Waals surface area (Å²) in [6, 6.07) is 4.84. The Bertz CT molecular complexity index is 1100. The maximum Gasteiger partial charge on any atom is 0.332 e. The van der Waals surface area contributed by atoms with Crippen LogP contribution in [0.5, 0.6) is 0 Å². The van der Waals surface area contributed by atoms with Crippen LogP contribution in [0.2, 0.25) is 10.0 Å². The minimum Gasteiger partial charge on any atom is -0.468 e. The Balaban J connectivity index is 2.45. The fraction of sp³-hybridized carbons (Fsp3) is 0.333. The number of carbonyl (C=O) groups excluding carboxylic acids is 1. The van der Waals surface area contributed by atoms with Crippen molar-refractivity contribution in [2.45, 2.75) is 12.8 Å². The molecule has 27 heavy (non-hydrogen) atoms. The first kappa shape index (κ1) is 19.4. The molecule has 0 aliphatic carbocycles. The smallest absolute Gasteiger partial charge is 0.332 e. The topological polar surface area (TPSA) is 82.7 Å². The summed E-state index contributed by atoms with van der Waals surface area (Å²) in [5.41, 5.74) is 0.128. The number of rotatable bonds is 2. The van der Waals surface area contributed by atoms with E-state index in [2.05, 4.69) is 4.99 Å². The molecule has 1 aliphatic rings. The van der Waals surface area contributed by atoms with E-state index in [0.717, 1.165) is 4.57 Å². The fourth-order valence-electron chi connectivity index (χ4n) is 3.43. The highest BCUT2D eigenvalue weighted by atomic mass is 35.5. The molecule has 0 radical (unpaired) electrons. The number of nitrogens with zero attached hydrogens (tertiary/aromatic N) is 3. The molecule has 1 aromatic heterocycles. The number of esters is 1. The minimum atomic E-state index is -0.855. The van der Waals surface area contributed by atoms with Crippen LogP contribution in [0.1, 0.15) is 24.0 Å². The molecule has 7 nitrogen and oxygen atoms in total. The van der Waals surface area contributed by atoms with Gasteiger partial charge in [-0.25, -0.2) is 9.79 Å². The van der Waals surface area contributed by atoms with Crippen molar-refractivity contribution in [2.24, 2.45) is 25.0 Å². The summed E-state index contributed by atoms with van der Waals surface area (Å²) in [6.45, 7) is 1.66. The fourth-order valence-corrected chi connectivity index (χ4v) is 3.96. The Morgan fingerprint density at radius 1 is 1.19 bits per heavy atom. The van der Waals surface area contributed by atoms with Gasteiger partial charge in [-0.15, -0.1) is 0 Å². The lowest BCUT2D eigenvalue weighted by atomic mass is 9.77. The van der Waals surface area contributed by atoms with Crippen LogP contribution in [0, 0.1) is 5.92 Å². The van der Waals surface area contributed by atoms with Crippen molar-refractivity contribution in [1.82, 2.24) is 9.13 Å². The number of benzene rings is 1. The molecule has 2 unspecified atom stereocenters. The van der Waals surface area contributed by atoms with Gasteiger partial charge in [-0.3, -0.25) is 18.7 Å². The Hall–Kier alpha value is -2.38. The third-order valence-corrected chi connectivity index (χ3v) is 5.36. The molecule has 0 spiro atoms. The Morgan fingerprint density at radius 3 is 2.44 bits per heavy atom. The first-order valence-electron chi connectivity index (χ1n) is 8.06. The second-order valence-corrected chi connectivity index (χ2v) is 7.18. The van der Waals surface area contributed by atoms with E-state index in [1.807, 2.05) is 0 Å². The largest absolute Gasteiger partial charge is 0.468 e. The minimum absolute atomic E-state index is 0.205. The van der Waals surface area contributed by atoms with Gasteiger partial charge in [0.05, 0.1) is 12.7 Å². The zero-order chi connectivity index (χ0) is 20.0. The number of aromatic nitrogens is 2. The highest BCUT2D eigenvalue weighted by Gasteiger charge is 2.42. The molecule has 0 N–H and O–H groups in total. The van der Waals surface area contributed by atoms with Crippen molar-refractivity contribution in [3.05, 3.63) is 60.2 Å². The molecule has 1 aliphatic heterocycles. The van der Waals surface area contributed by atoms with Crippen LogP contribution in [0.4, 0.5) is 5.82 Å². The number of hydrogen-bond donors (Lipinski definition) is 0. The molecular formula is C18H17Cl2N3O4. The maximum absolute atomic E-state index is 13.0. The number of methoxy groups -OCH3 is 1. The maximum atomic E-state index is 13.0. The summed E-state index contributed by atoms with van der Waals surface area (Å²) >= 11 is 12.4. The quantitative estimate of drug-likeness (QED) is 0.712. The average molecular weight is 410 g/mol. The van der Waals surface area contributed by atoms with E-state index in [0.29, 0.717) is 21.3 Å². The molecular weight excluding hydrogens is 393 g/mol. The third kappa shape index (κ3) is 3.00. The molecule has 9 heteroatoms. The SMILES string of the molecule is COC(=O)C1C(C)=Nc2c(c(=O)n(C)c(=O)n2C)C1c1ccc(Cl)cc1Cl. The van der Waals surface area contributed by atoms with Gasteiger partial charge in [0.2, 0.25) is 0 Å². The van der Waals surface area contributed by atoms with Gasteiger partial charge in [-0.05, 0) is 24.6 Å². The van der Waals surface area contributed by atoms with Gasteiger partial charge in [-0.2, -0.15) is 0 Å². The van der Waals surface area contributed by atoms with Crippen LogP contribution in [0.3, 0.4) is 0 Å². The van der Waals surface area contributed by atoms with Crippen LogP contribution in [0.25, 0.3) is 0 Å². The number of fused-ring (bicyclic) bond motifs is 1. The van der Waals surface area contributed by atoms with E-state index in [-0.39, 0.29) is 11.4 Å². The molecule has 3 rings (SSSR count). The highest BCUT2D eigenvalue weighted by Crippen LogP contribution is 2.43. The summed E-state index contributed by atoms with van der Waals surface area (Å²) in [7, 11) is 4.17. The van der Waals surface area contributed by atoms with Gasteiger partial charge in [0.15, 0.2) is 0 Å². The van der Waals surface area contributed by atoms with Crippen molar-refractivity contribution in [3.8, 4) is 0 Å². The molecule has 0 saturated carbocycles. The zero-order valence-corrected chi connectivity index (χ0v) is 16.6. The number of halogens is 2. The number of hydrogen-bond acceptors (Lipinski definition) is 5. The first-order valence-corrected chi connectivity index (χ1v) is 8.82. The van der Waals surface area contributed by atoms with Crippen molar-refractivity contribution in [3.63, 3.8) is 0 Å². The van der Waals surface area contributed by atoms with Crippen LogP contribution in [0.15, 0.2) is 32.8 Å². The van der Waals surface area contributed by atoms with Gasteiger partial charge in [0.1, 0.15) is 11.7 Å². The molecule has 0 fully saturated rings. The lowest BCUT2D eigenvalue weighted by molar-refractivity contribution is -0.143. The van der Waals surface area contributed by atoms with Crippen molar-refractivity contribution >= 4 is 40.7 Å². The summed E-state index contributed by atoms with van der Waals surface area (Å²) in [4.78, 5) is 42.2. The lowest BCUT2D eigenvalue weighted by Gasteiger charge is -2.31. The second kappa shape index (κ2) is 6.98. The first-order chi connectivity index (χ1) is 12.7. The molecule has 142 valence electrons. The monoisotopic (exact) mass is 409 g/mol.